The average molecular weight is 330 g/mol. The Kier molecular flexibility index (Phi) is 4.27. The number of para-hydroxylation sites is 1. The fraction of sp³-hybridized carbons (Fsp3) is 0.308. The fourth-order valence-corrected chi connectivity index (χ4v) is 3.67. The highest BCUT2D eigenvalue weighted by Crippen LogP contribution is 2.32. The lowest BCUT2D eigenvalue weighted by atomic mass is 10.1. The summed E-state index contributed by atoms with van der Waals surface area (Å²) >= 11 is 5.96. The molecule has 0 aliphatic carbocycles. The van der Waals surface area contributed by atoms with Crippen LogP contribution in [-0.2, 0) is 17.1 Å². The van der Waals surface area contributed by atoms with Gasteiger partial charge >= 0.3 is 0 Å². The highest BCUT2D eigenvalue weighted by molar-refractivity contribution is 7.89. The van der Waals surface area contributed by atoms with E-state index in [-0.39, 0.29) is 15.9 Å². The van der Waals surface area contributed by atoms with Gasteiger partial charge in [-0.3, -0.25) is 0 Å². The number of nitrogens with zero attached hydrogens (tertiary/aromatic N) is 3. The van der Waals surface area contributed by atoms with Gasteiger partial charge in [-0.2, -0.15) is 4.31 Å². The van der Waals surface area contributed by atoms with Crippen molar-refractivity contribution in [3.05, 3.63) is 41.3 Å². The second-order valence-electron chi connectivity index (χ2n) is 4.71. The van der Waals surface area contributed by atoms with Crippen LogP contribution >= 0.6 is 11.6 Å². The maximum absolute atomic E-state index is 12.6. The van der Waals surface area contributed by atoms with Gasteiger partial charge in [0.25, 0.3) is 10.0 Å². The Hall–Kier alpha value is -1.57. The van der Waals surface area contributed by atoms with E-state index >= 15 is 0 Å². The summed E-state index contributed by atoms with van der Waals surface area (Å²) in [7, 11) is -0.815. The van der Waals surface area contributed by atoms with Gasteiger partial charge in [0.05, 0.1) is 12.4 Å². The number of benzene rings is 1. The number of aromatic nitrogens is 2. The maximum atomic E-state index is 12.6. The van der Waals surface area contributed by atoms with Gasteiger partial charge in [0.2, 0.25) is 5.03 Å². The molecule has 1 aromatic heterocycles. The molecule has 2 aromatic rings. The Morgan fingerprint density at radius 3 is 2.52 bits per heavy atom. The van der Waals surface area contributed by atoms with E-state index in [4.69, 9.17) is 11.6 Å². The number of aromatic hydroxyl groups is 1. The van der Waals surface area contributed by atoms with Crippen LogP contribution in [0.1, 0.15) is 18.5 Å². The third-order valence-corrected chi connectivity index (χ3v) is 5.81. The van der Waals surface area contributed by atoms with Crippen molar-refractivity contribution in [2.75, 3.05) is 7.05 Å². The number of hydrogen-bond donors (Lipinski definition) is 1. The van der Waals surface area contributed by atoms with Crippen molar-refractivity contribution in [3.8, 4) is 5.75 Å². The summed E-state index contributed by atoms with van der Waals surface area (Å²) in [6.07, 6.45) is 1.34. The molecule has 0 fully saturated rings. The molecule has 0 spiro atoms. The molecule has 1 unspecified atom stereocenters. The third-order valence-electron chi connectivity index (χ3n) is 3.39. The molecule has 2 rings (SSSR count). The average Bonchev–Trinajstić information content (AvgIpc) is 2.78. The molecule has 0 saturated carbocycles. The SMILES string of the molecule is CC(c1ccccc1O)N(C)S(=O)(=O)c1ncn(C)c1Cl. The first-order valence-electron chi connectivity index (χ1n) is 6.19. The minimum Gasteiger partial charge on any atom is -0.508 e. The predicted molar refractivity (Wildman–Crippen MR) is 79.7 cm³/mol. The second kappa shape index (κ2) is 5.67. The largest absolute Gasteiger partial charge is 0.508 e. The molecule has 1 atom stereocenters. The van der Waals surface area contributed by atoms with Crippen LogP contribution in [0.4, 0.5) is 0 Å². The maximum Gasteiger partial charge on any atom is 0.263 e. The normalized spacial score (nSPS) is 13.6. The first-order valence-corrected chi connectivity index (χ1v) is 8.01. The monoisotopic (exact) mass is 329 g/mol. The van der Waals surface area contributed by atoms with Gasteiger partial charge in [0.15, 0.2) is 0 Å². The number of sulfonamides is 1. The van der Waals surface area contributed by atoms with Gasteiger partial charge in [-0.1, -0.05) is 29.8 Å². The molecule has 6 nitrogen and oxygen atoms in total. The molecule has 0 amide bonds. The number of halogens is 1. The molecule has 0 aliphatic rings. The first kappa shape index (κ1) is 15.8. The highest BCUT2D eigenvalue weighted by Gasteiger charge is 2.31. The van der Waals surface area contributed by atoms with Crippen LogP contribution in [0.25, 0.3) is 0 Å². The Balaban J connectivity index is 2.41. The standard InChI is InChI=1S/C13H16ClN3O3S/c1-9(10-6-4-5-7-11(10)18)17(3)21(19,20)13-12(14)16(2)8-15-13/h4-9,18H,1-3H3. The van der Waals surface area contributed by atoms with Crippen LogP contribution in [-0.4, -0.2) is 34.4 Å². The number of phenolic OH excluding ortho intramolecular Hbond substituents is 1. The van der Waals surface area contributed by atoms with Crippen LogP contribution in [0, 0.1) is 0 Å². The summed E-state index contributed by atoms with van der Waals surface area (Å²) in [5, 5.41) is 9.71. The van der Waals surface area contributed by atoms with Crippen molar-refractivity contribution in [3.63, 3.8) is 0 Å². The molecule has 0 bridgehead atoms. The molecule has 1 aromatic carbocycles. The van der Waals surface area contributed by atoms with Crippen molar-refractivity contribution < 1.29 is 13.5 Å². The van der Waals surface area contributed by atoms with Gasteiger partial charge in [-0.05, 0) is 13.0 Å². The summed E-state index contributed by atoms with van der Waals surface area (Å²) < 4.78 is 27.7. The minimum atomic E-state index is -3.85. The lowest BCUT2D eigenvalue weighted by Gasteiger charge is -2.24. The minimum absolute atomic E-state index is 0.0409. The molecule has 1 N–H and O–H groups in total. The summed E-state index contributed by atoms with van der Waals surface area (Å²) in [4.78, 5) is 3.85. The van der Waals surface area contributed by atoms with Crippen molar-refractivity contribution in [1.29, 1.82) is 0 Å². The van der Waals surface area contributed by atoms with Crippen LogP contribution in [0.2, 0.25) is 5.15 Å². The molecular weight excluding hydrogens is 314 g/mol. The molecular formula is C13H16ClN3O3S. The van der Waals surface area contributed by atoms with Gasteiger partial charge in [-0.15, -0.1) is 0 Å². The van der Waals surface area contributed by atoms with Gasteiger partial charge in [0.1, 0.15) is 10.9 Å². The lowest BCUT2D eigenvalue weighted by molar-refractivity contribution is 0.380. The predicted octanol–water partition coefficient (Wildman–Crippen LogP) is 2.16. The smallest absolute Gasteiger partial charge is 0.263 e. The number of aryl methyl sites for hydroxylation is 1. The highest BCUT2D eigenvalue weighted by atomic mass is 35.5. The zero-order valence-electron chi connectivity index (χ0n) is 11.9. The Bertz CT molecular complexity index is 758. The van der Waals surface area contributed by atoms with Crippen molar-refractivity contribution in [2.24, 2.45) is 7.05 Å². The molecule has 0 aliphatic heterocycles. The van der Waals surface area contributed by atoms with Crippen LogP contribution in [0.3, 0.4) is 0 Å². The Morgan fingerprint density at radius 2 is 2.00 bits per heavy atom. The van der Waals surface area contributed by atoms with E-state index in [1.807, 2.05) is 0 Å². The quantitative estimate of drug-likeness (QED) is 0.932. The lowest BCUT2D eigenvalue weighted by Crippen LogP contribution is -2.30. The Labute approximate surface area is 128 Å². The van der Waals surface area contributed by atoms with E-state index in [2.05, 4.69) is 4.98 Å². The van der Waals surface area contributed by atoms with Gasteiger partial charge < -0.3 is 9.67 Å². The van der Waals surface area contributed by atoms with E-state index in [0.29, 0.717) is 5.56 Å². The topological polar surface area (TPSA) is 75.4 Å². The van der Waals surface area contributed by atoms with E-state index in [1.54, 1.807) is 32.2 Å². The fourth-order valence-electron chi connectivity index (χ4n) is 1.95. The summed E-state index contributed by atoms with van der Waals surface area (Å²) in [5.41, 5.74) is 0.510. The zero-order chi connectivity index (χ0) is 15.8. The molecule has 8 heteroatoms. The first-order chi connectivity index (χ1) is 9.76. The van der Waals surface area contributed by atoms with E-state index in [9.17, 15) is 13.5 Å². The van der Waals surface area contributed by atoms with E-state index in [1.165, 1.54) is 24.0 Å². The second-order valence-corrected chi connectivity index (χ2v) is 6.98. The van der Waals surface area contributed by atoms with Gasteiger partial charge in [0, 0.05) is 19.7 Å². The van der Waals surface area contributed by atoms with Crippen molar-refractivity contribution in [2.45, 2.75) is 18.0 Å². The summed E-state index contributed by atoms with van der Waals surface area (Å²) in [5.74, 6) is 0.0409. The number of rotatable bonds is 4. The number of hydrogen-bond acceptors (Lipinski definition) is 4. The van der Waals surface area contributed by atoms with Crippen molar-refractivity contribution in [1.82, 2.24) is 13.9 Å². The van der Waals surface area contributed by atoms with Crippen LogP contribution in [0.5, 0.6) is 5.75 Å². The zero-order valence-corrected chi connectivity index (χ0v) is 13.4. The Morgan fingerprint density at radius 1 is 1.38 bits per heavy atom. The molecule has 114 valence electrons. The third kappa shape index (κ3) is 2.76. The number of phenols is 1. The number of imidazole rings is 1. The van der Waals surface area contributed by atoms with Crippen LogP contribution < -0.4 is 0 Å². The molecule has 1 heterocycles. The van der Waals surface area contributed by atoms with E-state index in [0.717, 1.165) is 4.31 Å². The van der Waals surface area contributed by atoms with Crippen LogP contribution in [0.15, 0.2) is 35.6 Å². The summed E-state index contributed by atoms with van der Waals surface area (Å²) in [6, 6.07) is 6.04. The molecule has 0 saturated heterocycles. The molecule has 0 radical (unpaired) electrons. The van der Waals surface area contributed by atoms with E-state index < -0.39 is 16.1 Å². The summed E-state index contributed by atoms with van der Waals surface area (Å²) in [6.45, 7) is 1.68. The van der Waals surface area contributed by atoms with Gasteiger partial charge in [-0.25, -0.2) is 13.4 Å². The molecule has 21 heavy (non-hydrogen) atoms. The van der Waals surface area contributed by atoms with Crippen molar-refractivity contribution >= 4 is 21.6 Å².